The first kappa shape index (κ1) is 10.4. The van der Waals surface area contributed by atoms with Gasteiger partial charge in [0.1, 0.15) is 11.8 Å². The molecule has 1 aromatic carbocycles. The van der Waals surface area contributed by atoms with Gasteiger partial charge in [0.15, 0.2) is 6.61 Å². The van der Waals surface area contributed by atoms with E-state index in [2.05, 4.69) is 0 Å². The zero-order valence-corrected chi connectivity index (χ0v) is 7.08. The summed E-state index contributed by atoms with van der Waals surface area (Å²) in [5.41, 5.74) is -0.672. The number of halogens is 3. The third-order valence-electron chi connectivity index (χ3n) is 1.56. The van der Waals surface area contributed by atoms with Crippen molar-refractivity contribution in [2.45, 2.75) is 0 Å². The van der Waals surface area contributed by atoms with E-state index in [0.29, 0.717) is 0 Å². The molecule has 74 valence electrons. The van der Waals surface area contributed by atoms with Gasteiger partial charge in [-0.2, -0.15) is 5.26 Å². The lowest BCUT2D eigenvalue weighted by Gasteiger charge is -2.14. The maximum Gasteiger partial charge on any atom is 0.509 e. The van der Waals surface area contributed by atoms with Crippen LogP contribution in [-0.2, 0) is 0 Å². The first-order chi connectivity index (χ1) is 6.54. The zero-order valence-electron chi connectivity index (χ0n) is 7.08. The van der Waals surface area contributed by atoms with E-state index in [1.807, 2.05) is 0 Å². The van der Waals surface area contributed by atoms with Crippen LogP contribution in [0.15, 0.2) is 24.3 Å². The summed E-state index contributed by atoms with van der Waals surface area (Å²) in [7, 11) is 0. The Morgan fingerprint density at radius 3 is 2.21 bits per heavy atom. The van der Waals surface area contributed by atoms with Gasteiger partial charge in [0, 0.05) is 0 Å². The molecule has 1 aromatic rings. The minimum atomic E-state index is -4.96. The smallest absolute Gasteiger partial charge is 0.479 e. The van der Waals surface area contributed by atoms with Crippen LogP contribution in [-0.4, -0.2) is 13.6 Å². The quantitative estimate of drug-likeness (QED) is 0.694. The average Bonchev–Trinajstić information content (AvgIpc) is 2.14. The normalized spacial score (nSPS) is 10.7. The molecule has 0 fully saturated rings. The lowest BCUT2D eigenvalue weighted by Crippen LogP contribution is -2.33. The Morgan fingerprint density at radius 1 is 1.21 bits per heavy atom. The van der Waals surface area contributed by atoms with Crippen molar-refractivity contribution in [1.29, 1.82) is 5.26 Å². The Labute approximate surface area is 79.0 Å². The van der Waals surface area contributed by atoms with Crippen LogP contribution in [0.1, 0.15) is 0 Å². The van der Waals surface area contributed by atoms with Crippen LogP contribution in [0.5, 0.6) is 5.75 Å². The highest BCUT2D eigenvalue weighted by Gasteiger charge is 2.24. The van der Waals surface area contributed by atoms with Gasteiger partial charge >= 0.3 is 6.98 Å². The summed E-state index contributed by atoms with van der Waals surface area (Å²) in [4.78, 5) is 0. The van der Waals surface area contributed by atoms with Crippen LogP contribution in [0.4, 0.5) is 12.9 Å². The van der Waals surface area contributed by atoms with Gasteiger partial charge in [-0.05, 0) is 12.1 Å². The molecule has 0 aliphatic heterocycles. The molecule has 0 N–H and O–H groups in total. The number of nitrogens with zero attached hydrogens (tertiary/aromatic N) is 1. The lowest BCUT2D eigenvalue weighted by molar-refractivity contribution is 0.368. The monoisotopic (exact) mass is 200 g/mol. The molecule has 0 spiro atoms. The number of ether oxygens (including phenoxy) is 1. The molecular formula is C8H6BF3NO-. The van der Waals surface area contributed by atoms with Crippen LogP contribution < -0.4 is 10.2 Å². The van der Waals surface area contributed by atoms with Crippen LogP contribution in [0, 0.1) is 11.3 Å². The Balaban J connectivity index is 2.75. The fraction of sp³-hybridized carbons (Fsp3) is 0.125. The van der Waals surface area contributed by atoms with Crippen molar-refractivity contribution in [3.05, 3.63) is 24.3 Å². The third-order valence-corrected chi connectivity index (χ3v) is 1.56. The van der Waals surface area contributed by atoms with Crippen LogP contribution in [0.25, 0.3) is 0 Å². The molecule has 0 saturated heterocycles. The topological polar surface area (TPSA) is 33.0 Å². The van der Waals surface area contributed by atoms with E-state index in [-0.39, 0.29) is 12.4 Å². The molecule has 0 unspecified atom stereocenters. The van der Waals surface area contributed by atoms with Crippen molar-refractivity contribution in [3.8, 4) is 11.8 Å². The minimum absolute atomic E-state index is 0.170. The summed E-state index contributed by atoms with van der Waals surface area (Å²) in [6, 6.07) is 5.99. The molecule has 2 nitrogen and oxygen atoms in total. The van der Waals surface area contributed by atoms with Crippen molar-refractivity contribution >= 4 is 12.4 Å². The molecule has 0 amide bonds. The predicted octanol–water partition coefficient (Wildman–Crippen LogP) is 1.64. The van der Waals surface area contributed by atoms with Gasteiger partial charge in [-0.15, -0.1) is 5.46 Å². The van der Waals surface area contributed by atoms with E-state index < -0.39 is 12.4 Å². The summed E-state index contributed by atoms with van der Waals surface area (Å²) in [5.74, 6) is 0.260. The highest BCUT2D eigenvalue weighted by molar-refractivity contribution is 6.73. The molecule has 0 atom stereocenters. The fourth-order valence-electron chi connectivity index (χ4n) is 0.898. The van der Waals surface area contributed by atoms with Crippen LogP contribution in [0.2, 0.25) is 0 Å². The summed E-state index contributed by atoms with van der Waals surface area (Å²) in [6.07, 6.45) is 0. The van der Waals surface area contributed by atoms with E-state index in [9.17, 15) is 12.9 Å². The third kappa shape index (κ3) is 2.70. The molecule has 0 bridgehead atoms. The van der Waals surface area contributed by atoms with E-state index in [1.165, 1.54) is 12.1 Å². The molecule has 0 radical (unpaired) electrons. The number of nitriles is 1. The van der Waals surface area contributed by atoms with E-state index in [4.69, 9.17) is 10.00 Å². The summed E-state index contributed by atoms with van der Waals surface area (Å²) in [5, 5.41) is 8.16. The van der Waals surface area contributed by atoms with E-state index >= 15 is 0 Å². The van der Waals surface area contributed by atoms with Gasteiger partial charge in [-0.25, -0.2) is 0 Å². The Bertz CT molecular complexity index is 341. The van der Waals surface area contributed by atoms with Gasteiger partial charge in [0.2, 0.25) is 0 Å². The van der Waals surface area contributed by atoms with Crippen LogP contribution in [0.3, 0.4) is 0 Å². The van der Waals surface area contributed by atoms with Gasteiger partial charge in [0.25, 0.3) is 0 Å². The van der Waals surface area contributed by atoms with Crippen molar-refractivity contribution in [2.75, 3.05) is 6.61 Å². The maximum absolute atomic E-state index is 12.1. The SMILES string of the molecule is N#CCOc1ccc([B-](F)(F)F)cc1. The molecule has 14 heavy (non-hydrogen) atoms. The largest absolute Gasteiger partial charge is 0.509 e. The molecule has 0 aliphatic rings. The molecule has 0 saturated carbocycles. The summed E-state index contributed by atoms with van der Waals surface area (Å²) >= 11 is 0. The number of benzene rings is 1. The van der Waals surface area contributed by atoms with Crippen molar-refractivity contribution in [3.63, 3.8) is 0 Å². The summed E-state index contributed by atoms with van der Waals surface area (Å²) in [6.45, 7) is -5.13. The zero-order chi connectivity index (χ0) is 10.6. The Kier molecular flexibility index (Phi) is 3.02. The minimum Gasteiger partial charge on any atom is -0.479 e. The lowest BCUT2D eigenvalue weighted by atomic mass is 9.80. The second kappa shape index (κ2) is 4.05. The number of rotatable bonds is 3. The molecule has 0 aliphatic carbocycles. The molecule has 1 rings (SSSR count). The van der Waals surface area contributed by atoms with Gasteiger partial charge < -0.3 is 17.7 Å². The molecule has 0 heterocycles. The maximum atomic E-state index is 12.1. The van der Waals surface area contributed by atoms with E-state index in [1.54, 1.807) is 6.07 Å². The Hall–Kier alpha value is -1.64. The van der Waals surface area contributed by atoms with E-state index in [0.717, 1.165) is 12.1 Å². The first-order valence-corrected chi connectivity index (χ1v) is 3.83. The van der Waals surface area contributed by atoms with Crippen molar-refractivity contribution in [2.24, 2.45) is 0 Å². The highest BCUT2D eigenvalue weighted by atomic mass is 19.4. The highest BCUT2D eigenvalue weighted by Crippen LogP contribution is 2.13. The fourth-order valence-corrected chi connectivity index (χ4v) is 0.898. The molecule has 6 heteroatoms. The van der Waals surface area contributed by atoms with Crippen molar-refractivity contribution in [1.82, 2.24) is 0 Å². The summed E-state index contributed by atoms with van der Waals surface area (Å²) < 4.78 is 41.2. The van der Waals surface area contributed by atoms with Gasteiger partial charge in [-0.3, -0.25) is 0 Å². The average molecular weight is 200 g/mol. The number of hydrogen-bond acceptors (Lipinski definition) is 2. The molecular weight excluding hydrogens is 194 g/mol. The standard InChI is InChI=1S/C8H6BF3NO/c10-9(11,12)7-1-3-8(4-2-7)14-6-5-13/h1-4H,6H2/q-1. The molecule has 0 aromatic heterocycles. The Morgan fingerprint density at radius 2 is 1.79 bits per heavy atom. The van der Waals surface area contributed by atoms with Crippen molar-refractivity contribution < 1.29 is 17.7 Å². The number of hydrogen-bond donors (Lipinski definition) is 0. The first-order valence-electron chi connectivity index (χ1n) is 3.83. The second-order valence-corrected chi connectivity index (χ2v) is 2.59. The van der Waals surface area contributed by atoms with Gasteiger partial charge in [-0.1, -0.05) is 12.1 Å². The predicted molar refractivity (Wildman–Crippen MR) is 46.3 cm³/mol. The van der Waals surface area contributed by atoms with Gasteiger partial charge in [0.05, 0.1) is 0 Å². The van der Waals surface area contributed by atoms with Crippen LogP contribution >= 0.6 is 0 Å². The second-order valence-electron chi connectivity index (χ2n) is 2.59.